The van der Waals surface area contributed by atoms with Gasteiger partial charge in [-0.3, -0.25) is 0 Å². The number of rotatable bonds is 6. The van der Waals surface area contributed by atoms with Gasteiger partial charge in [0.25, 0.3) is 0 Å². The Bertz CT molecular complexity index is 545. The zero-order chi connectivity index (χ0) is 13.8. The van der Waals surface area contributed by atoms with Gasteiger partial charge >= 0.3 is 0 Å². The van der Waals surface area contributed by atoms with Crippen molar-refractivity contribution in [1.82, 2.24) is 5.32 Å². The number of aryl methyl sites for hydroxylation is 2. The molecule has 0 spiro atoms. The van der Waals surface area contributed by atoms with Crippen molar-refractivity contribution in [2.24, 2.45) is 0 Å². The first-order valence-electron chi connectivity index (χ1n) is 7.73. The zero-order valence-corrected chi connectivity index (χ0v) is 13.0. The van der Waals surface area contributed by atoms with Crippen molar-refractivity contribution in [3.8, 4) is 0 Å². The number of nitrogens with one attached hydrogen (secondary N) is 1. The van der Waals surface area contributed by atoms with E-state index < -0.39 is 0 Å². The van der Waals surface area contributed by atoms with Crippen molar-refractivity contribution >= 4 is 11.3 Å². The van der Waals surface area contributed by atoms with E-state index in [1.54, 1.807) is 22.5 Å². The summed E-state index contributed by atoms with van der Waals surface area (Å²) in [5, 5.41) is 8.15. The first kappa shape index (κ1) is 13.8. The maximum atomic E-state index is 3.69. The minimum absolute atomic E-state index is 0.459. The molecule has 2 aromatic rings. The van der Waals surface area contributed by atoms with Crippen molar-refractivity contribution in [3.63, 3.8) is 0 Å². The van der Waals surface area contributed by atoms with Gasteiger partial charge in [0, 0.05) is 6.04 Å². The largest absolute Gasteiger partial charge is 0.310 e. The van der Waals surface area contributed by atoms with Crippen LogP contribution in [-0.2, 0) is 19.3 Å². The fraction of sp³-hybridized carbons (Fsp3) is 0.444. The molecule has 1 aromatic heterocycles. The Morgan fingerprint density at radius 1 is 1.20 bits per heavy atom. The summed E-state index contributed by atoms with van der Waals surface area (Å²) in [6.07, 6.45) is 6.17. The first-order valence-corrected chi connectivity index (χ1v) is 8.67. The molecule has 1 aliphatic carbocycles. The van der Waals surface area contributed by atoms with Crippen LogP contribution in [0.25, 0.3) is 0 Å². The maximum absolute atomic E-state index is 3.69. The van der Waals surface area contributed by atoms with E-state index in [-0.39, 0.29) is 0 Å². The summed E-state index contributed by atoms with van der Waals surface area (Å²) >= 11 is 1.79. The van der Waals surface area contributed by atoms with E-state index in [9.17, 15) is 0 Å². The summed E-state index contributed by atoms with van der Waals surface area (Å²) in [6, 6.07) is 9.83. The van der Waals surface area contributed by atoms with Crippen molar-refractivity contribution in [2.45, 2.75) is 45.1 Å². The van der Waals surface area contributed by atoms with E-state index in [0.717, 1.165) is 13.0 Å². The van der Waals surface area contributed by atoms with Crippen LogP contribution >= 0.6 is 11.3 Å². The van der Waals surface area contributed by atoms with Crippen LogP contribution in [0.3, 0.4) is 0 Å². The fourth-order valence-corrected chi connectivity index (χ4v) is 3.80. The fourth-order valence-electron chi connectivity index (χ4n) is 3.09. The quantitative estimate of drug-likeness (QED) is 0.823. The first-order chi connectivity index (χ1) is 9.86. The van der Waals surface area contributed by atoms with Crippen LogP contribution in [-0.4, -0.2) is 6.54 Å². The predicted octanol–water partition coefficient (Wildman–Crippen LogP) is 4.52. The number of fused-ring (bicyclic) bond motifs is 1. The molecule has 1 nitrogen and oxygen atoms in total. The van der Waals surface area contributed by atoms with Crippen LogP contribution in [0.4, 0.5) is 0 Å². The highest BCUT2D eigenvalue weighted by molar-refractivity contribution is 7.07. The molecule has 1 atom stereocenters. The highest BCUT2D eigenvalue weighted by Gasteiger charge is 2.15. The van der Waals surface area contributed by atoms with E-state index in [4.69, 9.17) is 0 Å². The summed E-state index contributed by atoms with van der Waals surface area (Å²) in [5.41, 5.74) is 6.07. The van der Waals surface area contributed by atoms with Gasteiger partial charge in [0.15, 0.2) is 0 Å². The van der Waals surface area contributed by atoms with Crippen molar-refractivity contribution in [1.29, 1.82) is 0 Å². The Morgan fingerprint density at radius 2 is 2.10 bits per heavy atom. The molecule has 0 bridgehead atoms. The summed E-state index contributed by atoms with van der Waals surface area (Å²) < 4.78 is 0. The standard InChI is InChI=1S/C18H23NS/c1-2-9-19-18(17-8-10-20-13-17)12-14-6-7-15-4-3-5-16(15)11-14/h6-8,10-11,13,18-19H,2-5,9,12H2,1H3. The third kappa shape index (κ3) is 3.13. The molecular formula is C18H23NS. The maximum Gasteiger partial charge on any atom is 0.0369 e. The summed E-state index contributed by atoms with van der Waals surface area (Å²) in [7, 11) is 0. The third-order valence-electron chi connectivity index (χ3n) is 4.19. The molecule has 2 heteroatoms. The Balaban J connectivity index is 1.75. The summed E-state index contributed by atoms with van der Waals surface area (Å²) in [6.45, 7) is 3.32. The lowest BCUT2D eigenvalue weighted by atomic mass is 9.98. The van der Waals surface area contributed by atoms with Crippen molar-refractivity contribution < 1.29 is 0 Å². The third-order valence-corrected chi connectivity index (χ3v) is 4.89. The summed E-state index contributed by atoms with van der Waals surface area (Å²) in [5.74, 6) is 0. The Hall–Kier alpha value is -1.12. The topological polar surface area (TPSA) is 12.0 Å². The average Bonchev–Trinajstić information content (AvgIpc) is 3.13. The number of thiophene rings is 1. The van der Waals surface area contributed by atoms with Gasteiger partial charge in [-0.05, 0) is 77.7 Å². The van der Waals surface area contributed by atoms with Crippen LogP contribution in [0.5, 0.6) is 0 Å². The Labute approximate surface area is 126 Å². The molecule has 0 saturated carbocycles. The molecule has 1 N–H and O–H groups in total. The Morgan fingerprint density at radius 3 is 2.90 bits per heavy atom. The SMILES string of the molecule is CCCNC(Cc1ccc2c(c1)CCC2)c1ccsc1. The van der Waals surface area contributed by atoms with Crippen LogP contribution in [0.2, 0.25) is 0 Å². The molecule has 0 radical (unpaired) electrons. The molecule has 0 fully saturated rings. The van der Waals surface area contributed by atoms with Crippen molar-refractivity contribution in [3.05, 3.63) is 57.3 Å². The monoisotopic (exact) mass is 285 g/mol. The van der Waals surface area contributed by atoms with E-state index in [1.165, 1.54) is 36.8 Å². The highest BCUT2D eigenvalue weighted by atomic mass is 32.1. The molecule has 1 heterocycles. The van der Waals surface area contributed by atoms with Gasteiger partial charge in [-0.2, -0.15) is 11.3 Å². The highest BCUT2D eigenvalue weighted by Crippen LogP contribution is 2.26. The van der Waals surface area contributed by atoms with Gasteiger partial charge in [0.2, 0.25) is 0 Å². The lowest BCUT2D eigenvalue weighted by molar-refractivity contribution is 0.530. The molecular weight excluding hydrogens is 262 g/mol. The molecule has 106 valence electrons. The Kier molecular flexibility index (Phi) is 4.54. The zero-order valence-electron chi connectivity index (χ0n) is 12.2. The second-order valence-electron chi connectivity index (χ2n) is 5.72. The van der Waals surface area contributed by atoms with Crippen LogP contribution in [0, 0.1) is 0 Å². The molecule has 0 saturated heterocycles. The van der Waals surface area contributed by atoms with E-state index in [1.807, 2.05) is 0 Å². The van der Waals surface area contributed by atoms with Gasteiger partial charge in [0.05, 0.1) is 0 Å². The van der Waals surface area contributed by atoms with Gasteiger partial charge in [-0.1, -0.05) is 25.1 Å². The van der Waals surface area contributed by atoms with Crippen LogP contribution in [0.1, 0.15) is 48.1 Å². The van der Waals surface area contributed by atoms with Crippen LogP contribution < -0.4 is 5.32 Å². The molecule has 20 heavy (non-hydrogen) atoms. The lowest BCUT2D eigenvalue weighted by Crippen LogP contribution is -2.23. The molecule has 0 aliphatic heterocycles. The van der Waals surface area contributed by atoms with Gasteiger partial charge in [-0.25, -0.2) is 0 Å². The van der Waals surface area contributed by atoms with E-state index >= 15 is 0 Å². The molecule has 1 aromatic carbocycles. The summed E-state index contributed by atoms with van der Waals surface area (Å²) in [4.78, 5) is 0. The lowest BCUT2D eigenvalue weighted by Gasteiger charge is -2.18. The second-order valence-corrected chi connectivity index (χ2v) is 6.50. The minimum atomic E-state index is 0.459. The van der Waals surface area contributed by atoms with Gasteiger partial charge < -0.3 is 5.32 Å². The number of hydrogen-bond acceptors (Lipinski definition) is 2. The van der Waals surface area contributed by atoms with Crippen molar-refractivity contribution in [2.75, 3.05) is 6.54 Å². The molecule has 0 amide bonds. The molecule has 1 aliphatic rings. The van der Waals surface area contributed by atoms with Gasteiger partial charge in [-0.15, -0.1) is 0 Å². The number of hydrogen-bond donors (Lipinski definition) is 1. The molecule has 3 rings (SSSR count). The smallest absolute Gasteiger partial charge is 0.0369 e. The second kappa shape index (κ2) is 6.55. The average molecular weight is 285 g/mol. The number of benzene rings is 1. The molecule has 1 unspecified atom stereocenters. The van der Waals surface area contributed by atoms with E-state index in [0.29, 0.717) is 6.04 Å². The normalized spacial score (nSPS) is 15.2. The minimum Gasteiger partial charge on any atom is -0.310 e. The van der Waals surface area contributed by atoms with Gasteiger partial charge in [0.1, 0.15) is 0 Å². The van der Waals surface area contributed by atoms with Crippen LogP contribution in [0.15, 0.2) is 35.0 Å². The predicted molar refractivity (Wildman–Crippen MR) is 87.5 cm³/mol. The van der Waals surface area contributed by atoms with E-state index in [2.05, 4.69) is 47.3 Å².